The van der Waals surface area contributed by atoms with E-state index in [2.05, 4.69) is 14.4 Å². The summed E-state index contributed by atoms with van der Waals surface area (Å²) in [5.74, 6) is -1.58. The molecule has 1 heterocycles. The van der Waals surface area contributed by atoms with Crippen LogP contribution in [0.1, 0.15) is 31.4 Å². The molecule has 8 nitrogen and oxygen atoms in total. The van der Waals surface area contributed by atoms with Gasteiger partial charge in [-0.3, -0.25) is 9.28 Å². The second-order valence-corrected chi connectivity index (χ2v) is 7.58. The molecule has 1 aliphatic heterocycles. The van der Waals surface area contributed by atoms with E-state index in [0.29, 0.717) is 0 Å². The van der Waals surface area contributed by atoms with Gasteiger partial charge in [0, 0.05) is 18.4 Å². The molecule has 1 aromatic carbocycles. The van der Waals surface area contributed by atoms with Crippen LogP contribution in [0.4, 0.5) is 4.39 Å². The Balaban J connectivity index is 2.47. The van der Waals surface area contributed by atoms with Crippen molar-refractivity contribution in [1.82, 2.24) is 0 Å². The Kier molecular flexibility index (Phi) is 6.77. The van der Waals surface area contributed by atoms with E-state index in [1.165, 1.54) is 19.2 Å². The first-order valence-corrected chi connectivity index (χ1v) is 10.1. The Morgan fingerprint density at radius 2 is 2.15 bits per heavy atom. The number of aliphatic imine (C=N–C) groups is 1. The summed E-state index contributed by atoms with van der Waals surface area (Å²) in [6, 6.07) is 2.00. The molecule has 0 saturated heterocycles. The maximum absolute atomic E-state index is 14.7. The summed E-state index contributed by atoms with van der Waals surface area (Å²) >= 11 is 5.90. The number of carbonyl (C=O) groups is 1. The molecule has 0 amide bonds. The SMILES string of the molecule is CCOC(=O)C1=NC(c2ccc(Cl)c(OC)c2F)CC(=NOS(C)(=O)=O)C1. The van der Waals surface area contributed by atoms with E-state index in [1.807, 2.05) is 0 Å². The highest BCUT2D eigenvalue weighted by atomic mass is 35.5. The third-order valence-corrected chi connectivity index (χ3v) is 4.21. The van der Waals surface area contributed by atoms with Crippen molar-refractivity contribution in [3.63, 3.8) is 0 Å². The Morgan fingerprint density at radius 3 is 2.74 bits per heavy atom. The number of benzene rings is 1. The lowest BCUT2D eigenvalue weighted by atomic mass is 9.94. The molecule has 0 radical (unpaired) electrons. The number of ether oxygens (including phenoxy) is 2. The van der Waals surface area contributed by atoms with Gasteiger partial charge in [-0.1, -0.05) is 22.8 Å². The lowest BCUT2D eigenvalue weighted by molar-refractivity contribution is -0.135. The molecule has 0 N–H and O–H groups in total. The molecule has 0 bridgehead atoms. The third kappa shape index (κ3) is 5.39. The van der Waals surface area contributed by atoms with Gasteiger partial charge in [0.1, 0.15) is 5.71 Å². The van der Waals surface area contributed by atoms with E-state index in [4.69, 9.17) is 21.1 Å². The maximum Gasteiger partial charge on any atom is 0.352 e. The van der Waals surface area contributed by atoms with Gasteiger partial charge in [-0.25, -0.2) is 9.18 Å². The second-order valence-electron chi connectivity index (χ2n) is 5.61. The van der Waals surface area contributed by atoms with Crippen LogP contribution in [0.5, 0.6) is 5.75 Å². The summed E-state index contributed by atoms with van der Waals surface area (Å²) < 4.78 is 51.4. The predicted molar refractivity (Wildman–Crippen MR) is 97.4 cm³/mol. The fourth-order valence-corrected chi connectivity index (χ4v) is 2.93. The van der Waals surface area contributed by atoms with Gasteiger partial charge in [0.05, 0.1) is 36.7 Å². The zero-order valence-electron chi connectivity index (χ0n) is 14.9. The number of hydrogen-bond donors (Lipinski definition) is 0. The molecule has 148 valence electrons. The fourth-order valence-electron chi connectivity index (χ4n) is 2.47. The number of carbonyl (C=O) groups excluding carboxylic acids is 1. The van der Waals surface area contributed by atoms with Crippen molar-refractivity contribution in [1.29, 1.82) is 0 Å². The topological polar surface area (TPSA) is 104 Å². The van der Waals surface area contributed by atoms with Crippen LogP contribution >= 0.6 is 11.6 Å². The van der Waals surface area contributed by atoms with Crippen LogP contribution in [0.25, 0.3) is 0 Å². The van der Waals surface area contributed by atoms with Crippen molar-refractivity contribution in [3.05, 3.63) is 28.5 Å². The monoisotopic (exact) mass is 420 g/mol. The molecule has 0 saturated carbocycles. The molecule has 2 rings (SSSR count). The smallest absolute Gasteiger partial charge is 0.352 e. The summed E-state index contributed by atoms with van der Waals surface area (Å²) in [5, 5.41) is 3.65. The average Bonchev–Trinajstić information content (AvgIpc) is 2.60. The van der Waals surface area contributed by atoms with Crippen molar-refractivity contribution in [2.45, 2.75) is 25.8 Å². The highest BCUT2D eigenvalue weighted by Gasteiger charge is 2.30. The third-order valence-electron chi connectivity index (χ3n) is 3.57. The van der Waals surface area contributed by atoms with Crippen LogP contribution in [-0.2, 0) is 23.9 Å². The van der Waals surface area contributed by atoms with Crippen molar-refractivity contribution >= 4 is 39.1 Å². The number of methoxy groups -OCH3 is 1. The Hall–Kier alpha value is -2.20. The van der Waals surface area contributed by atoms with Crippen molar-refractivity contribution in [2.24, 2.45) is 10.1 Å². The Morgan fingerprint density at radius 1 is 1.44 bits per heavy atom. The van der Waals surface area contributed by atoms with Gasteiger partial charge >= 0.3 is 16.1 Å². The number of halogens is 2. The zero-order valence-corrected chi connectivity index (χ0v) is 16.4. The molecule has 27 heavy (non-hydrogen) atoms. The summed E-state index contributed by atoms with van der Waals surface area (Å²) in [7, 11) is -2.56. The van der Waals surface area contributed by atoms with Crippen LogP contribution < -0.4 is 4.74 Å². The van der Waals surface area contributed by atoms with Crippen molar-refractivity contribution in [3.8, 4) is 5.75 Å². The normalized spacial score (nSPS) is 18.8. The van der Waals surface area contributed by atoms with E-state index in [0.717, 1.165) is 6.26 Å². The van der Waals surface area contributed by atoms with E-state index in [9.17, 15) is 17.6 Å². The predicted octanol–water partition coefficient (Wildman–Crippen LogP) is 2.66. The van der Waals surface area contributed by atoms with Gasteiger partial charge in [0.25, 0.3) is 0 Å². The molecule has 1 atom stereocenters. The van der Waals surface area contributed by atoms with Crippen LogP contribution in [0.15, 0.2) is 22.3 Å². The fraction of sp³-hybridized carbons (Fsp3) is 0.438. The summed E-state index contributed by atoms with van der Waals surface area (Å²) in [4.78, 5) is 16.3. The van der Waals surface area contributed by atoms with Crippen LogP contribution in [0, 0.1) is 5.82 Å². The van der Waals surface area contributed by atoms with Crippen molar-refractivity contribution < 1.29 is 31.4 Å². The standard InChI is InChI=1S/C16H18ClFN2O6S/c1-4-25-16(21)13-8-9(20-26-27(3,22)23)7-12(19-13)10-5-6-11(17)15(24-2)14(10)18/h5-6,12H,4,7-8H2,1-3H3. The minimum atomic E-state index is -3.83. The molecule has 1 aliphatic rings. The van der Waals surface area contributed by atoms with Gasteiger partial charge in [0.15, 0.2) is 11.6 Å². The zero-order chi connectivity index (χ0) is 20.2. The second kappa shape index (κ2) is 8.66. The first-order chi connectivity index (χ1) is 12.7. The van der Waals surface area contributed by atoms with Crippen LogP contribution in [0.3, 0.4) is 0 Å². The summed E-state index contributed by atoms with van der Waals surface area (Å²) in [6.07, 6.45) is 0.804. The number of hydrogen-bond acceptors (Lipinski definition) is 8. The van der Waals surface area contributed by atoms with Crippen LogP contribution in [0.2, 0.25) is 5.02 Å². The first kappa shape index (κ1) is 21.1. The number of esters is 1. The lowest BCUT2D eigenvalue weighted by Crippen LogP contribution is -2.27. The highest BCUT2D eigenvalue weighted by Crippen LogP contribution is 2.36. The first-order valence-electron chi connectivity index (χ1n) is 7.86. The molecule has 0 spiro atoms. The molecular formula is C16H18ClFN2O6S. The quantitative estimate of drug-likeness (QED) is 0.517. The molecule has 0 aliphatic carbocycles. The summed E-state index contributed by atoms with van der Waals surface area (Å²) in [6.45, 7) is 1.75. The van der Waals surface area contributed by atoms with E-state index in [1.54, 1.807) is 6.92 Å². The van der Waals surface area contributed by atoms with E-state index >= 15 is 0 Å². The minimum Gasteiger partial charge on any atom is -0.492 e. The van der Waals surface area contributed by atoms with Crippen molar-refractivity contribution in [2.75, 3.05) is 20.0 Å². The van der Waals surface area contributed by atoms with Gasteiger partial charge in [-0.15, -0.1) is 0 Å². The molecule has 11 heteroatoms. The highest BCUT2D eigenvalue weighted by molar-refractivity contribution is 7.85. The van der Waals surface area contributed by atoms with Crippen LogP contribution in [-0.4, -0.2) is 45.8 Å². The molecule has 1 unspecified atom stereocenters. The molecule has 0 fully saturated rings. The number of nitrogens with zero attached hydrogens (tertiary/aromatic N) is 2. The molecular weight excluding hydrogens is 403 g/mol. The maximum atomic E-state index is 14.7. The lowest BCUT2D eigenvalue weighted by Gasteiger charge is -2.22. The van der Waals surface area contributed by atoms with Gasteiger partial charge < -0.3 is 9.47 Å². The number of rotatable bonds is 6. The van der Waals surface area contributed by atoms with E-state index < -0.39 is 27.9 Å². The molecule has 0 aromatic heterocycles. The minimum absolute atomic E-state index is 0.0164. The number of oxime groups is 1. The van der Waals surface area contributed by atoms with Gasteiger partial charge in [-0.05, 0) is 13.0 Å². The van der Waals surface area contributed by atoms with Gasteiger partial charge in [0.2, 0.25) is 0 Å². The summed E-state index contributed by atoms with van der Waals surface area (Å²) in [5.41, 5.74) is 0.305. The Labute approximate surface area is 161 Å². The molecule has 1 aromatic rings. The largest absolute Gasteiger partial charge is 0.492 e. The van der Waals surface area contributed by atoms with Gasteiger partial charge in [-0.2, -0.15) is 8.42 Å². The average molecular weight is 421 g/mol. The Bertz CT molecular complexity index is 900. The van der Waals surface area contributed by atoms with E-state index in [-0.39, 0.29) is 47.2 Å².